The average Bonchev–Trinajstić information content (AvgIpc) is 2.28. The molecule has 0 atom stereocenters. The number of anilines is 2. The summed E-state index contributed by atoms with van der Waals surface area (Å²) >= 11 is 5.72. The maximum atomic E-state index is 5.72. The molecule has 7 heteroatoms. The third kappa shape index (κ3) is 4.59. The molecule has 16 heavy (non-hydrogen) atoms. The first kappa shape index (κ1) is 12.9. The van der Waals surface area contributed by atoms with Gasteiger partial charge in [0.1, 0.15) is 0 Å². The fourth-order valence-electron chi connectivity index (χ4n) is 1.06. The molecule has 0 radical (unpaired) electrons. The first-order chi connectivity index (χ1) is 7.76. The highest BCUT2D eigenvalue weighted by molar-refractivity contribution is 6.28. The second-order valence-electron chi connectivity index (χ2n) is 2.98. The summed E-state index contributed by atoms with van der Waals surface area (Å²) in [5, 5.41) is 6.03. The zero-order chi connectivity index (χ0) is 11.8. The van der Waals surface area contributed by atoms with Crippen molar-refractivity contribution >= 4 is 23.5 Å². The van der Waals surface area contributed by atoms with Crippen molar-refractivity contribution in [2.45, 2.75) is 13.3 Å². The van der Waals surface area contributed by atoms with Gasteiger partial charge in [0.05, 0.1) is 0 Å². The van der Waals surface area contributed by atoms with E-state index in [1.807, 2.05) is 6.92 Å². The molecule has 1 aromatic rings. The van der Waals surface area contributed by atoms with E-state index >= 15 is 0 Å². The summed E-state index contributed by atoms with van der Waals surface area (Å²) in [5.41, 5.74) is 0. The maximum absolute atomic E-state index is 5.72. The third-order valence-corrected chi connectivity index (χ3v) is 1.95. The van der Waals surface area contributed by atoms with Gasteiger partial charge in [-0.15, -0.1) is 0 Å². The standard InChI is InChI=1S/C9H16ClN5O/c1-3-16-6-4-5-12-9-14-7(10)13-8(11-2)15-9/h3-6H2,1-2H3,(H2,11,12,13,14,15). The van der Waals surface area contributed by atoms with E-state index in [0.717, 1.165) is 26.2 Å². The van der Waals surface area contributed by atoms with Crippen LogP contribution in [0.4, 0.5) is 11.9 Å². The van der Waals surface area contributed by atoms with Gasteiger partial charge in [-0.3, -0.25) is 0 Å². The predicted octanol–water partition coefficient (Wildman–Crippen LogP) is 1.41. The van der Waals surface area contributed by atoms with E-state index < -0.39 is 0 Å². The number of rotatable bonds is 7. The number of nitrogens with one attached hydrogen (secondary N) is 2. The SMILES string of the molecule is CCOCCCNc1nc(Cl)nc(NC)n1. The Kier molecular flexibility index (Phi) is 5.81. The van der Waals surface area contributed by atoms with Crippen LogP contribution in [0.1, 0.15) is 13.3 Å². The van der Waals surface area contributed by atoms with Gasteiger partial charge in [0.25, 0.3) is 0 Å². The molecule has 0 aromatic carbocycles. The molecule has 0 amide bonds. The molecule has 1 heterocycles. The van der Waals surface area contributed by atoms with Crippen molar-refractivity contribution in [3.63, 3.8) is 0 Å². The summed E-state index contributed by atoms with van der Waals surface area (Å²) in [6.07, 6.45) is 0.895. The highest BCUT2D eigenvalue weighted by Gasteiger charge is 2.02. The van der Waals surface area contributed by atoms with Crippen molar-refractivity contribution in [2.24, 2.45) is 0 Å². The molecule has 0 aliphatic heterocycles. The normalized spacial score (nSPS) is 10.2. The quantitative estimate of drug-likeness (QED) is 0.708. The molecule has 0 fully saturated rings. The van der Waals surface area contributed by atoms with Crippen LogP contribution in [0, 0.1) is 0 Å². The largest absolute Gasteiger partial charge is 0.382 e. The number of nitrogens with zero attached hydrogens (tertiary/aromatic N) is 3. The van der Waals surface area contributed by atoms with Crippen LogP contribution in [0.3, 0.4) is 0 Å². The molecule has 1 aromatic heterocycles. The molecule has 6 nitrogen and oxygen atoms in total. The van der Waals surface area contributed by atoms with Gasteiger partial charge in [0, 0.05) is 26.8 Å². The van der Waals surface area contributed by atoms with Crippen LogP contribution in [0.25, 0.3) is 0 Å². The molecule has 0 unspecified atom stereocenters. The van der Waals surface area contributed by atoms with Gasteiger partial charge in [-0.1, -0.05) is 0 Å². The summed E-state index contributed by atoms with van der Waals surface area (Å²) in [6.45, 7) is 4.17. The lowest BCUT2D eigenvalue weighted by Crippen LogP contribution is -2.10. The Labute approximate surface area is 99.8 Å². The minimum absolute atomic E-state index is 0.173. The van der Waals surface area contributed by atoms with Crippen LogP contribution in [-0.4, -0.2) is 41.8 Å². The smallest absolute Gasteiger partial charge is 0.228 e. The lowest BCUT2D eigenvalue weighted by atomic mass is 10.4. The number of ether oxygens (including phenoxy) is 1. The Morgan fingerprint density at radius 1 is 1.25 bits per heavy atom. The highest BCUT2D eigenvalue weighted by Crippen LogP contribution is 2.08. The number of halogens is 1. The summed E-state index contributed by atoms with van der Waals surface area (Å²) in [4.78, 5) is 11.9. The van der Waals surface area contributed by atoms with Crippen LogP contribution in [-0.2, 0) is 4.74 Å². The van der Waals surface area contributed by atoms with Gasteiger partial charge in [-0.05, 0) is 24.9 Å². The molecule has 90 valence electrons. The molecular formula is C9H16ClN5O. The van der Waals surface area contributed by atoms with Gasteiger partial charge >= 0.3 is 0 Å². The number of aromatic nitrogens is 3. The topological polar surface area (TPSA) is 72.0 Å². The maximum Gasteiger partial charge on any atom is 0.228 e. The minimum atomic E-state index is 0.173. The monoisotopic (exact) mass is 245 g/mol. The van der Waals surface area contributed by atoms with E-state index in [1.165, 1.54) is 0 Å². The fourth-order valence-corrected chi connectivity index (χ4v) is 1.22. The Bertz CT molecular complexity index is 323. The molecule has 0 aliphatic carbocycles. The van der Waals surface area contributed by atoms with Crippen LogP contribution >= 0.6 is 11.6 Å². The Hall–Kier alpha value is -1.14. The fraction of sp³-hybridized carbons (Fsp3) is 0.667. The molecule has 0 saturated heterocycles. The van der Waals surface area contributed by atoms with Gasteiger partial charge < -0.3 is 15.4 Å². The van der Waals surface area contributed by atoms with Gasteiger partial charge in [0.2, 0.25) is 17.2 Å². The van der Waals surface area contributed by atoms with E-state index in [-0.39, 0.29) is 5.28 Å². The number of hydrogen-bond donors (Lipinski definition) is 2. The zero-order valence-electron chi connectivity index (χ0n) is 9.46. The van der Waals surface area contributed by atoms with Crippen LogP contribution < -0.4 is 10.6 Å². The van der Waals surface area contributed by atoms with Crippen molar-refractivity contribution in [3.05, 3.63) is 5.28 Å². The first-order valence-corrected chi connectivity index (χ1v) is 5.55. The van der Waals surface area contributed by atoms with Crippen molar-refractivity contribution in [3.8, 4) is 0 Å². The lowest BCUT2D eigenvalue weighted by molar-refractivity contribution is 0.147. The second kappa shape index (κ2) is 7.19. The zero-order valence-corrected chi connectivity index (χ0v) is 10.2. The summed E-state index contributed by atoms with van der Waals surface area (Å²) in [6, 6.07) is 0. The van der Waals surface area contributed by atoms with E-state index in [2.05, 4.69) is 25.6 Å². The molecule has 2 N–H and O–H groups in total. The molecule has 0 spiro atoms. The first-order valence-electron chi connectivity index (χ1n) is 5.17. The lowest BCUT2D eigenvalue weighted by Gasteiger charge is -2.06. The third-order valence-electron chi connectivity index (χ3n) is 1.78. The Morgan fingerprint density at radius 2 is 2.00 bits per heavy atom. The van der Waals surface area contributed by atoms with Crippen LogP contribution in [0.5, 0.6) is 0 Å². The van der Waals surface area contributed by atoms with Crippen molar-refractivity contribution in [2.75, 3.05) is 37.4 Å². The molecule has 0 aliphatic rings. The summed E-state index contributed by atoms with van der Waals surface area (Å²) in [7, 11) is 1.73. The van der Waals surface area contributed by atoms with Crippen molar-refractivity contribution in [1.29, 1.82) is 0 Å². The molecule has 0 bridgehead atoms. The van der Waals surface area contributed by atoms with E-state index in [9.17, 15) is 0 Å². The number of hydrogen-bond acceptors (Lipinski definition) is 6. The summed E-state index contributed by atoms with van der Waals surface area (Å²) in [5.74, 6) is 0.924. The van der Waals surface area contributed by atoms with Crippen LogP contribution in [0.2, 0.25) is 5.28 Å². The molecule has 1 rings (SSSR count). The molecule has 0 saturated carbocycles. The summed E-state index contributed by atoms with van der Waals surface area (Å²) < 4.78 is 5.21. The average molecular weight is 246 g/mol. The minimum Gasteiger partial charge on any atom is -0.382 e. The predicted molar refractivity (Wildman–Crippen MR) is 64.0 cm³/mol. The van der Waals surface area contributed by atoms with E-state index in [1.54, 1.807) is 7.05 Å². The molecular weight excluding hydrogens is 230 g/mol. The highest BCUT2D eigenvalue weighted by atomic mass is 35.5. The Balaban J connectivity index is 2.38. The van der Waals surface area contributed by atoms with E-state index in [0.29, 0.717) is 11.9 Å². The van der Waals surface area contributed by atoms with Crippen LogP contribution in [0.15, 0.2) is 0 Å². The van der Waals surface area contributed by atoms with Gasteiger partial charge in [0.15, 0.2) is 0 Å². The van der Waals surface area contributed by atoms with Crippen molar-refractivity contribution in [1.82, 2.24) is 15.0 Å². The van der Waals surface area contributed by atoms with E-state index in [4.69, 9.17) is 16.3 Å². The Morgan fingerprint density at radius 3 is 2.69 bits per heavy atom. The van der Waals surface area contributed by atoms with Crippen molar-refractivity contribution < 1.29 is 4.74 Å². The second-order valence-corrected chi connectivity index (χ2v) is 3.32. The van der Waals surface area contributed by atoms with Gasteiger partial charge in [-0.25, -0.2) is 0 Å². The van der Waals surface area contributed by atoms with Gasteiger partial charge in [-0.2, -0.15) is 15.0 Å².